The van der Waals surface area contributed by atoms with Gasteiger partial charge in [0.15, 0.2) is 0 Å². The van der Waals surface area contributed by atoms with E-state index in [4.69, 9.17) is 0 Å². The molecule has 3 aliphatic heterocycles. The van der Waals surface area contributed by atoms with Crippen LogP contribution in [0.5, 0.6) is 0 Å². The first-order valence-electron chi connectivity index (χ1n) is 7.37. The number of para-hydroxylation sites is 1. The standard InChI is InChI=1S/C16H20N2O/c1-17-13-7-3-2-6-12(13)16(15(17)19)9-11-18-10-5-4-8-14(16)18/h2-3,6-7,14H,4-5,8-11H2,1H3. The van der Waals surface area contributed by atoms with Gasteiger partial charge in [0.2, 0.25) is 5.91 Å². The zero-order valence-electron chi connectivity index (χ0n) is 11.4. The van der Waals surface area contributed by atoms with Crippen LogP contribution in [0.25, 0.3) is 0 Å². The summed E-state index contributed by atoms with van der Waals surface area (Å²) >= 11 is 0. The number of rotatable bonds is 0. The SMILES string of the molecule is CN1C(=O)C2(CCN3CCCCC32)c2ccccc21. The van der Waals surface area contributed by atoms with Crippen LogP contribution >= 0.6 is 0 Å². The van der Waals surface area contributed by atoms with Crippen molar-refractivity contribution in [3.63, 3.8) is 0 Å². The van der Waals surface area contributed by atoms with Crippen LogP contribution in [0, 0.1) is 0 Å². The van der Waals surface area contributed by atoms with Crippen molar-refractivity contribution in [1.82, 2.24) is 4.90 Å². The Bertz CT molecular complexity index is 541. The predicted molar refractivity (Wildman–Crippen MR) is 75.4 cm³/mol. The Kier molecular flexibility index (Phi) is 2.31. The molecule has 1 aromatic carbocycles. The molecule has 0 aromatic heterocycles. The van der Waals surface area contributed by atoms with Gasteiger partial charge in [-0.25, -0.2) is 0 Å². The third kappa shape index (κ3) is 1.29. The number of hydrogen-bond donors (Lipinski definition) is 0. The monoisotopic (exact) mass is 256 g/mol. The van der Waals surface area contributed by atoms with Crippen molar-refractivity contribution in [2.24, 2.45) is 0 Å². The molecule has 0 N–H and O–H groups in total. The molecule has 0 aliphatic carbocycles. The van der Waals surface area contributed by atoms with Crippen molar-refractivity contribution in [1.29, 1.82) is 0 Å². The molecule has 2 atom stereocenters. The van der Waals surface area contributed by atoms with Crippen molar-refractivity contribution in [2.75, 3.05) is 25.0 Å². The maximum atomic E-state index is 12.9. The second-order valence-corrected chi connectivity index (χ2v) is 6.15. The summed E-state index contributed by atoms with van der Waals surface area (Å²) in [5.74, 6) is 0.322. The summed E-state index contributed by atoms with van der Waals surface area (Å²) < 4.78 is 0. The fourth-order valence-electron chi connectivity index (χ4n) is 4.53. The average molecular weight is 256 g/mol. The lowest BCUT2D eigenvalue weighted by molar-refractivity contribution is -0.124. The highest BCUT2D eigenvalue weighted by molar-refractivity contribution is 6.08. The molecule has 3 aliphatic rings. The van der Waals surface area contributed by atoms with Crippen molar-refractivity contribution >= 4 is 11.6 Å². The van der Waals surface area contributed by atoms with Gasteiger partial charge in [-0.3, -0.25) is 9.69 Å². The van der Waals surface area contributed by atoms with Gasteiger partial charge >= 0.3 is 0 Å². The molecule has 0 saturated carbocycles. The number of benzene rings is 1. The molecule has 0 bridgehead atoms. The fraction of sp³-hybridized carbons (Fsp3) is 0.562. The molecule has 2 saturated heterocycles. The van der Waals surface area contributed by atoms with E-state index in [1.54, 1.807) is 0 Å². The lowest BCUT2D eigenvalue weighted by Crippen LogP contribution is -2.50. The van der Waals surface area contributed by atoms with Crippen LogP contribution in [0.2, 0.25) is 0 Å². The highest BCUT2D eigenvalue weighted by Crippen LogP contribution is 2.52. The number of carbonyl (C=O) groups excluding carboxylic acids is 1. The quantitative estimate of drug-likeness (QED) is 0.710. The Morgan fingerprint density at radius 1 is 1.21 bits per heavy atom. The highest BCUT2D eigenvalue weighted by atomic mass is 16.2. The normalized spacial score (nSPS) is 33.8. The Hall–Kier alpha value is -1.35. The van der Waals surface area contributed by atoms with E-state index in [9.17, 15) is 4.79 Å². The summed E-state index contributed by atoms with van der Waals surface area (Å²) in [5.41, 5.74) is 2.16. The number of carbonyl (C=O) groups is 1. The molecule has 2 fully saturated rings. The second-order valence-electron chi connectivity index (χ2n) is 6.15. The van der Waals surface area contributed by atoms with Crippen LogP contribution in [0.3, 0.4) is 0 Å². The summed E-state index contributed by atoms with van der Waals surface area (Å²) in [4.78, 5) is 17.4. The molecule has 3 heterocycles. The van der Waals surface area contributed by atoms with Gasteiger partial charge in [-0.1, -0.05) is 24.6 Å². The lowest BCUT2D eigenvalue weighted by Gasteiger charge is -2.37. The minimum absolute atomic E-state index is 0.244. The number of fused-ring (bicyclic) bond motifs is 4. The van der Waals surface area contributed by atoms with Crippen molar-refractivity contribution in [3.8, 4) is 0 Å². The summed E-state index contributed by atoms with van der Waals surface area (Å²) in [7, 11) is 1.93. The van der Waals surface area contributed by atoms with Gasteiger partial charge in [-0.15, -0.1) is 0 Å². The first kappa shape index (κ1) is 11.5. The molecule has 3 nitrogen and oxygen atoms in total. The fourth-order valence-corrected chi connectivity index (χ4v) is 4.53. The van der Waals surface area contributed by atoms with Crippen LogP contribution in [-0.4, -0.2) is 37.0 Å². The number of nitrogens with zero attached hydrogens (tertiary/aromatic N) is 2. The molecular weight excluding hydrogens is 236 g/mol. The molecule has 2 unspecified atom stereocenters. The Labute approximate surface area is 114 Å². The predicted octanol–water partition coefficient (Wildman–Crippen LogP) is 2.16. The van der Waals surface area contributed by atoms with Crippen molar-refractivity contribution in [2.45, 2.75) is 37.1 Å². The third-order valence-corrected chi connectivity index (χ3v) is 5.41. The number of amides is 1. The van der Waals surface area contributed by atoms with Gasteiger partial charge in [0.1, 0.15) is 0 Å². The summed E-state index contributed by atoms with van der Waals surface area (Å²) in [6.07, 6.45) is 4.73. The van der Waals surface area contributed by atoms with E-state index in [0.29, 0.717) is 11.9 Å². The molecule has 19 heavy (non-hydrogen) atoms. The molecule has 1 aromatic rings. The topological polar surface area (TPSA) is 23.6 Å². The minimum atomic E-state index is -0.244. The van der Waals surface area contributed by atoms with Gasteiger partial charge < -0.3 is 4.90 Å². The molecule has 1 spiro atoms. The molecule has 1 amide bonds. The maximum Gasteiger partial charge on any atom is 0.239 e. The molecular formula is C16H20N2O. The van der Waals surface area contributed by atoms with E-state index in [1.807, 2.05) is 18.0 Å². The number of piperidine rings is 1. The molecule has 4 rings (SSSR count). The van der Waals surface area contributed by atoms with E-state index < -0.39 is 0 Å². The average Bonchev–Trinajstić information content (AvgIpc) is 2.95. The number of hydrogen-bond acceptors (Lipinski definition) is 2. The van der Waals surface area contributed by atoms with Crippen LogP contribution in [-0.2, 0) is 10.2 Å². The first-order chi connectivity index (χ1) is 9.25. The molecule has 3 heteroatoms. The largest absolute Gasteiger partial charge is 0.314 e. The van der Waals surface area contributed by atoms with Crippen molar-refractivity contribution < 1.29 is 4.79 Å². The van der Waals surface area contributed by atoms with E-state index >= 15 is 0 Å². The third-order valence-electron chi connectivity index (χ3n) is 5.41. The maximum absolute atomic E-state index is 12.9. The number of anilines is 1. The van der Waals surface area contributed by atoms with Crippen LogP contribution in [0.4, 0.5) is 5.69 Å². The van der Waals surface area contributed by atoms with E-state index in [-0.39, 0.29) is 5.41 Å². The van der Waals surface area contributed by atoms with Crippen LogP contribution < -0.4 is 4.90 Å². The highest BCUT2D eigenvalue weighted by Gasteiger charge is 2.59. The summed E-state index contributed by atoms with van der Waals surface area (Å²) in [6, 6.07) is 8.82. The first-order valence-corrected chi connectivity index (χ1v) is 7.37. The van der Waals surface area contributed by atoms with E-state index in [1.165, 1.54) is 31.4 Å². The Morgan fingerprint density at radius 3 is 2.95 bits per heavy atom. The zero-order valence-corrected chi connectivity index (χ0v) is 11.4. The molecule has 100 valence electrons. The summed E-state index contributed by atoms with van der Waals surface area (Å²) in [5, 5.41) is 0. The Balaban J connectivity index is 1.88. The number of likely N-dealkylation sites (N-methyl/N-ethyl adjacent to an activating group) is 1. The van der Waals surface area contributed by atoms with Crippen LogP contribution in [0.1, 0.15) is 31.2 Å². The second kappa shape index (κ2) is 3.83. The van der Waals surface area contributed by atoms with E-state index in [0.717, 1.165) is 18.7 Å². The van der Waals surface area contributed by atoms with Gasteiger partial charge in [0.05, 0.1) is 5.41 Å². The Morgan fingerprint density at radius 2 is 2.05 bits per heavy atom. The van der Waals surface area contributed by atoms with Gasteiger partial charge in [0, 0.05) is 18.8 Å². The smallest absolute Gasteiger partial charge is 0.239 e. The van der Waals surface area contributed by atoms with Gasteiger partial charge in [0.25, 0.3) is 0 Å². The van der Waals surface area contributed by atoms with Gasteiger partial charge in [-0.05, 0) is 44.0 Å². The van der Waals surface area contributed by atoms with Crippen molar-refractivity contribution in [3.05, 3.63) is 29.8 Å². The zero-order chi connectivity index (χ0) is 13.0. The molecule has 0 radical (unpaired) electrons. The summed E-state index contributed by atoms with van der Waals surface area (Å²) in [6.45, 7) is 2.25. The minimum Gasteiger partial charge on any atom is -0.314 e. The van der Waals surface area contributed by atoms with Crippen LogP contribution in [0.15, 0.2) is 24.3 Å². The lowest BCUT2D eigenvalue weighted by atomic mass is 9.73. The van der Waals surface area contributed by atoms with E-state index in [2.05, 4.69) is 23.1 Å². The van der Waals surface area contributed by atoms with Gasteiger partial charge in [-0.2, -0.15) is 0 Å².